The first kappa shape index (κ1) is 20.7. The number of carbonyl (C=O) groups excluding carboxylic acids is 1. The number of Topliss-reactive ketones (excluding diaryl/α,β-unsaturated/α-hetero) is 1. The van der Waals surface area contributed by atoms with Crippen LogP contribution in [0.15, 0.2) is 63.6 Å². The first-order chi connectivity index (χ1) is 14.2. The first-order valence-electron chi connectivity index (χ1n) is 10.2. The zero-order chi connectivity index (χ0) is 21.5. The molecule has 2 aromatic rings. The molecule has 0 amide bonds. The van der Waals surface area contributed by atoms with Crippen molar-refractivity contribution in [1.29, 1.82) is 0 Å². The molecular weight excluding hydrogens is 442 g/mol. The average Bonchev–Trinajstić information content (AvgIpc) is 2.71. The third kappa shape index (κ3) is 4.04. The van der Waals surface area contributed by atoms with Gasteiger partial charge in [-0.15, -0.1) is 0 Å². The van der Waals surface area contributed by atoms with Crippen LogP contribution >= 0.6 is 15.9 Å². The highest BCUT2D eigenvalue weighted by atomic mass is 79.9. The molecule has 0 bridgehead atoms. The molecule has 0 saturated heterocycles. The second-order valence-electron chi connectivity index (χ2n) is 8.84. The Bertz CT molecular complexity index is 1080. The molecule has 30 heavy (non-hydrogen) atoms. The van der Waals surface area contributed by atoms with Crippen LogP contribution < -0.4 is 0 Å². The highest BCUT2D eigenvalue weighted by Gasteiger charge is 2.37. The summed E-state index contributed by atoms with van der Waals surface area (Å²) in [4.78, 5) is 29.9. The van der Waals surface area contributed by atoms with Gasteiger partial charge in [-0.2, -0.15) is 0 Å². The largest absolute Gasteiger partial charge is 0.480 e. The number of ketones is 1. The Balaban J connectivity index is 1.77. The van der Waals surface area contributed by atoms with Crippen molar-refractivity contribution in [2.24, 2.45) is 10.4 Å². The summed E-state index contributed by atoms with van der Waals surface area (Å²) in [5.41, 5.74) is 4.98. The van der Waals surface area contributed by atoms with Crippen molar-refractivity contribution < 1.29 is 14.7 Å². The number of allylic oxidation sites excluding steroid dienone is 2. The van der Waals surface area contributed by atoms with E-state index in [2.05, 4.69) is 34.8 Å². The van der Waals surface area contributed by atoms with Crippen LogP contribution in [0.1, 0.15) is 49.8 Å². The van der Waals surface area contributed by atoms with Crippen LogP contribution in [-0.4, -0.2) is 28.6 Å². The molecule has 0 aromatic heterocycles. The fraction of sp³-hybridized carbons (Fsp3) is 0.320. The Morgan fingerprint density at radius 2 is 1.77 bits per heavy atom. The van der Waals surface area contributed by atoms with Crippen molar-refractivity contribution in [2.45, 2.75) is 45.6 Å². The van der Waals surface area contributed by atoms with Crippen molar-refractivity contribution in [3.63, 3.8) is 0 Å². The molecule has 4 nitrogen and oxygen atoms in total. The monoisotopic (exact) mass is 465 g/mol. The van der Waals surface area contributed by atoms with E-state index in [0.717, 1.165) is 45.2 Å². The lowest BCUT2D eigenvalue weighted by molar-refractivity contribution is -0.138. The van der Waals surface area contributed by atoms with Crippen LogP contribution in [0.25, 0.3) is 5.57 Å². The third-order valence-corrected chi connectivity index (χ3v) is 6.51. The van der Waals surface area contributed by atoms with E-state index in [4.69, 9.17) is 0 Å². The van der Waals surface area contributed by atoms with Crippen LogP contribution in [0.5, 0.6) is 0 Å². The Kier molecular flexibility index (Phi) is 5.49. The summed E-state index contributed by atoms with van der Waals surface area (Å²) in [6.07, 6.45) is 2.73. The van der Waals surface area contributed by atoms with Gasteiger partial charge in [-0.3, -0.25) is 9.79 Å². The number of fused-ring (bicyclic) bond motifs is 2. The van der Waals surface area contributed by atoms with E-state index in [9.17, 15) is 14.7 Å². The average molecular weight is 466 g/mol. The van der Waals surface area contributed by atoms with Gasteiger partial charge in [0.1, 0.15) is 5.71 Å². The number of aliphatic imine (C=N–C) groups is 1. The Morgan fingerprint density at radius 3 is 2.43 bits per heavy atom. The molecule has 0 fully saturated rings. The normalized spacial score (nSPS) is 20.0. The van der Waals surface area contributed by atoms with Crippen LogP contribution in [0.3, 0.4) is 0 Å². The maximum Gasteiger partial charge on any atom is 0.328 e. The lowest BCUT2D eigenvalue weighted by Crippen LogP contribution is -2.32. The zero-order valence-electron chi connectivity index (χ0n) is 17.1. The van der Waals surface area contributed by atoms with Gasteiger partial charge in [-0.05, 0) is 53.5 Å². The second-order valence-corrected chi connectivity index (χ2v) is 9.75. The number of halogens is 1. The summed E-state index contributed by atoms with van der Waals surface area (Å²) in [7, 11) is 0. The maximum absolute atomic E-state index is 13.4. The van der Waals surface area contributed by atoms with E-state index in [0.29, 0.717) is 6.42 Å². The highest BCUT2D eigenvalue weighted by Crippen LogP contribution is 2.46. The summed E-state index contributed by atoms with van der Waals surface area (Å²) in [6, 6.07) is 14.3. The molecule has 5 heteroatoms. The standard InChI is InChI=1S/C25H24BrNO3/c1-25(2)12-11-19-20(14-25)17-5-3-4-6-18(17)22(23(19)28)27-21(24(29)30)13-15-7-9-16(26)10-8-15/h3-10,21H,11-14H2,1-2H3,(H,29,30)/t21-/m0/s1. The lowest BCUT2D eigenvalue weighted by atomic mass is 9.68. The number of hydrogen-bond acceptors (Lipinski definition) is 3. The molecule has 1 N–H and O–H groups in total. The number of aliphatic carboxylic acids is 1. The van der Waals surface area contributed by atoms with Crippen molar-refractivity contribution >= 4 is 39.0 Å². The number of hydrogen-bond donors (Lipinski definition) is 1. The molecule has 4 rings (SSSR count). The van der Waals surface area contributed by atoms with E-state index in [-0.39, 0.29) is 23.3 Å². The molecule has 2 aliphatic carbocycles. The van der Waals surface area contributed by atoms with E-state index in [1.165, 1.54) is 0 Å². The molecule has 0 heterocycles. The molecule has 0 spiro atoms. The van der Waals surface area contributed by atoms with E-state index in [1.54, 1.807) is 0 Å². The second kappa shape index (κ2) is 7.95. The predicted molar refractivity (Wildman–Crippen MR) is 122 cm³/mol. The highest BCUT2D eigenvalue weighted by molar-refractivity contribution is 9.10. The van der Waals surface area contributed by atoms with Gasteiger partial charge < -0.3 is 5.11 Å². The maximum atomic E-state index is 13.4. The summed E-state index contributed by atoms with van der Waals surface area (Å²) < 4.78 is 0.931. The fourth-order valence-electron chi connectivity index (χ4n) is 4.33. The molecule has 2 aromatic carbocycles. The quantitative estimate of drug-likeness (QED) is 0.649. The van der Waals surface area contributed by atoms with Crippen molar-refractivity contribution in [2.75, 3.05) is 0 Å². The summed E-state index contributed by atoms with van der Waals surface area (Å²) in [6.45, 7) is 4.46. The number of carbonyl (C=O) groups is 2. The molecule has 154 valence electrons. The van der Waals surface area contributed by atoms with Gasteiger partial charge in [-0.25, -0.2) is 4.79 Å². The minimum atomic E-state index is -1.03. The van der Waals surface area contributed by atoms with Gasteiger partial charge >= 0.3 is 5.97 Å². The molecule has 0 radical (unpaired) electrons. The van der Waals surface area contributed by atoms with Crippen LogP contribution in [0.4, 0.5) is 0 Å². The van der Waals surface area contributed by atoms with Crippen molar-refractivity contribution in [3.05, 3.63) is 75.3 Å². The van der Waals surface area contributed by atoms with Gasteiger partial charge in [0.05, 0.1) is 0 Å². The SMILES string of the molecule is CC1(C)CCC2=C(C1)c1ccccc1C(=N[C@@H](Cc1ccc(Br)cc1)C(=O)O)C2=O. The van der Waals surface area contributed by atoms with Gasteiger partial charge in [0, 0.05) is 22.0 Å². The third-order valence-electron chi connectivity index (χ3n) is 5.98. The number of carboxylic acids is 1. The molecule has 0 aliphatic heterocycles. The minimum absolute atomic E-state index is 0.110. The minimum Gasteiger partial charge on any atom is -0.480 e. The van der Waals surface area contributed by atoms with Gasteiger partial charge in [0.2, 0.25) is 5.78 Å². The van der Waals surface area contributed by atoms with Crippen LogP contribution in [0, 0.1) is 5.41 Å². The van der Waals surface area contributed by atoms with Gasteiger partial charge in [0.25, 0.3) is 0 Å². The number of nitrogens with zero attached hydrogens (tertiary/aromatic N) is 1. The fourth-order valence-corrected chi connectivity index (χ4v) is 4.59. The van der Waals surface area contributed by atoms with Gasteiger partial charge in [-0.1, -0.05) is 66.2 Å². The van der Waals surface area contributed by atoms with E-state index < -0.39 is 12.0 Å². The lowest BCUT2D eigenvalue weighted by Gasteiger charge is -2.36. The molecule has 0 saturated carbocycles. The number of carboxylic acid groups (broad SMARTS) is 1. The van der Waals surface area contributed by atoms with E-state index >= 15 is 0 Å². The summed E-state index contributed by atoms with van der Waals surface area (Å²) in [5.74, 6) is -1.14. The zero-order valence-corrected chi connectivity index (χ0v) is 18.7. The first-order valence-corrected chi connectivity index (χ1v) is 11.0. The smallest absolute Gasteiger partial charge is 0.328 e. The number of rotatable bonds is 4. The van der Waals surface area contributed by atoms with Crippen molar-refractivity contribution in [3.8, 4) is 0 Å². The summed E-state index contributed by atoms with van der Waals surface area (Å²) >= 11 is 3.39. The Morgan fingerprint density at radius 1 is 1.10 bits per heavy atom. The molecule has 1 atom stereocenters. The molecule has 0 unspecified atom stereocenters. The Labute approximate surface area is 184 Å². The summed E-state index contributed by atoms with van der Waals surface area (Å²) in [5, 5.41) is 9.82. The molecular formula is C25H24BrNO3. The predicted octanol–water partition coefficient (Wildman–Crippen LogP) is 5.48. The Hall–Kier alpha value is -2.53. The van der Waals surface area contributed by atoms with Crippen molar-refractivity contribution in [1.82, 2.24) is 0 Å². The van der Waals surface area contributed by atoms with E-state index in [1.807, 2.05) is 48.5 Å². The van der Waals surface area contributed by atoms with Gasteiger partial charge in [0.15, 0.2) is 6.04 Å². The van der Waals surface area contributed by atoms with Crippen LogP contribution in [-0.2, 0) is 16.0 Å². The van der Waals surface area contributed by atoms with Crippen LogP contribution in [0.2, 0.25) is 0 Å². The number of benzene rings is 2. The molecule has 2 aliphatic rings. The topological polar surface area (TPSA) is 66.7 Å².